The average Bonchev–Trinajstić information content (AvgIpc) is 3.37. The Kier molecular flexibility index (Phi) is 8.49. The summed E-state index contributed by atoms with van der Waals surface area (Å²) < 4.78 is 0. The lowest BCUT2D eigenvalue weighted by Crippen LogP contribution is -2.51. The molecule has 10 heteroatoms. The Morgan fingerprint density at radius 3 is 2.34 bits per heavy atom. The Balaban J connectivity index is 1.81. The number of amidine groups is 1. The Hall–Kier alpha value is -4.62. The second-order valence-electron chi connectivity index (χ2n) is 10.9. The highest BCUT2D eigenvalue weighted by molar-refractivity contribution is 6.03. The first kappa shape index (κ1) is 29.4. The summed E-state index contributed by atoms with van der Waals surface area (Å²) in [5.41, 5.74) is 16.0. The van der Waals surface area contributed by atoms with Crippen LogP contribution in [0.25, 0.3) is 5.70 Å². The minimum atomic E-state index is -1.34. The van der Waals surface area contributed by atoms with Crippen LogP contribution in [0.4, 0.5) is 4.79 Å². The first-order valence-electron chi connectivity index (χ1n) is 13.7. The van der Waals surface area contributed by atoms with Crippen LogP contribution in [0.1, 0.15) is 64.4 Å². The molecule has 8 N–H and O–H groups in total. The second kappa shape index (κ2) is 11.9. The molecule has 2 aromatic carbocycles. The molecule has 2 aromatic rings. The number of carbonyl (C=O) groups excluding carboxylic acids is 1. The van der Waals surface area contributed by atoms with Crippen LogP contribution in [0.3, 0.4) is 0 Å². The Morgan fingerprint density at radius 2 is 1.78 bits per heavy atom. The zero-order valence-corrected chi connectivity index (χ0v) is 23.3. The maximum absolute atomic E-state index is 12.1. The number of carbonyl (C=O) groups is 2. The predicted octanol–water partition coefficient (Wildman–Crippen LogP) is 3.21. The molecule has 0 saturated carbocycles. The molecule has 0 spiro atoms. The number of likely N-dealkylation sites (tertiary alicyclic amines) is 1. The Labute approximate surface area is 240 Å². The Morgan fingerprint density at radius 1 is 1.17 bits per heavy atom. The Bertz CT molecular complexity index is 1390. The van der Waals surface area contributed by atoms with E-state index in [0.717, 1.165) is 52.9 Å². The van der Waals surface area contributed by atoms with Gasteiger partial charge in [-0.3, -0.25) is 15.5 Å². The third-order valence-corrected chi connectivity index (χ3v) is 8.18. The molecule has 2 aliphatic rings. The highest BCUT2D eigenvalue weighted by Crippen LogP contribution is 2.44. The topological polar surface area (TPSA) is 181 Å². The first-order chi connectivity index (χ1) is 19.5. The second-order valence-corrected chi connectivity index (χ2v) is 10.9. The van der Waals surface area contributed by atoms with Gasteiger partial charge in [0.05, 0.1) is 11.5 Å². The molecule has 2 amide bonds. The van der Waals surface area contributed by atoms with Gasteiger partial charge in [0.25, 0.3) is 0 Å². The molecule has 1 aliphatic carbocycles. The van der Waals surface area contributed by atoms with E-state index < -0.39 is 17.4 Å². The molecule has 1 aliphatic heterocycles. The summed E-state index contributed by atoms with van der Waals surface area (Å²) in [6, 6.07) is 12.8. The number of nitrogens with one attached hydrogen (secondary N) is 3. The maximum atomic E-state index is 12.1. The smallest absolute Gasteiger partial charge is 0.410 e. The largest absolute Gasteiger partial charge is 0.465 e. The summed E-state index contributed by atoms with van der Waals surface area (Å²) in [5, 5.41) is 34.2. The quantitative estimate of drug-likeness (QED) is 0.203. The van der Waals surface area contributed by atoms with Gasteiger partial charge < -0.3 is 26.8 Å². The SMILES string of the molecule is C=C(N)c1ccc2c(c1)CCc1cc(C(N)=O)ccc1C2(C[C@H](C)NCC(=C)N1CCCC1C#N)C(=N)NC(=O)O. The predicted molar refractivity (Wildman–Crippen MR) is 158 cm³/mol. The van der Waals surface area contributed by atoms with Crippen LogP contribution < -0.4 is 22.1 Å². The number of benzene rings is 2. The number of nitrogens with two attached hydrogens (primary N) is 2. The summed E-state index contributed by atoms with van der Waals surface area (Å²) >= 11 is 0. The van der Waals surface area contributed by atoms with E-state index in [4.69, 9.17) is 11.5 Å². The van der Waals surface area contributed by atoms with Gasteiger partial charge in [-0.1, -0.05) is 31.4 Å². The zero-order valence-electron chi connectivity index (χ0n) is 23.3. The molecule has 0 radical (unpaired) electrons. The molecule has 1 heterocycles. The van der Waals surface area contributed by atoms with Crippen molar-refractivity contribution in [2.24, 2.45) is 11.5 Å². The maximum Gasteiger partial charge on any atom is 0.410 e. The van der Waals surface area contributed by atoms with Crippen LogP contribution in [0, 0.1) is 16.7 Å². The molecule has 0 aromatic heterocycles. The van der Waals surface area contributed by atoms with Crippen molar-refractivity contribution >= 4 is 23.5 Å². The van der Waals surface area contributed by atoms with E-state index in [-0.39, 0.29) is 17.9 Å². The lowest BCUT2D eigenvalue weighted by molar-refractivity contribution is 0.1000. The molecule has 0 bridgehead atoms. The van der Waals surface area contributed by atoms with E-state index in [1.807, 2.05) is 30.0 Å². The molecule has 1 saturated heterocycles. The number of amides is 2. The van der Waals surface area contributed by atoms with Gasteiger partial charge in [-0.05, 0) is 85.0 Å². The van der Waals surface area contributed by atoms with Crippen molar-refractivity contribution in [2.45, 2.75) is 56.5 Å². The van der Waals surface area contributed by atoms with Crippen molar-refractivity contribution in [3.8, 4) is 6.07 Å². The molecule has 2 unspecified atom stereocenters. The molecule has 41 heavy (non-hydrogen) atoms. The third-order valence-electron chi connectivity index (χ3n) is 8.18. The van der Waals surface area contributed by atoms with Gasteiger partial charge >= 0.3 is 6.09 Å². The fourth-order valence-corrected chi connectivity index (χ4v) is 6.21. The van der Waals surface area contributed by atoms with E-state index in [1.165, 1.54) is 0 Å². The lowest BCUT2D eigenvalue weighted by atomic mass is 9.67. The normalized spacial score (nSPS) is 20.1. The van der Waals surface area contributed by atoms with Gasteiger partial charge in [0.2, 0.25) is 5.91 Å². The molecular weight excluding hydrogens is 518 g/mol. The fourth-order valence-electron chi connectivity index (χ4n) is 6.21. The van der Waals surface area contributed by atoms with Crippen LogP contribution in [0.5, 0.6) is 0 Å². The number of primary amides is 1. The van der Waals surface area contributed by atoms with Gasteiger partial charge in [0, 0.05) is 36.1 Å². The van der Waals surface area contributed by atoms with Gasteiger partial charge in [0.15, 0.2) is 0 Å². The zero-order chi connectivity index (χ0) is 29.9. The summed E-state index contributed by atoms with van der Waals surface area (Å²) in [6.07, 6.45) is 1.86. The molecule has 214 valence electrons. The number of nitrogens with zero attached hydrogens (tertiary/aromatic N) is 2. The van der Waals surface area contributed by atoms with E-state index in [1.54, 1.807) is 18.2 Å². The highest BCUT2D eigenvalue weighted by Gasteiger charge is 2.45. The lowest BCUT2D eigenvalue weighted by Gasteiger charge is -2.39. The molecule has 1 fully saturated rings. The monoisotopic (exact) mass is 555 g/mol. The molecule has 4 rings (SSSR count). The van der Waals surface area contributed by atoms with E-state index in [9.17, 15) is 25.4 Å². The van der Waals surface area contributed by atoms with Crippen LogP contribution in [0.15, 0.2) is 55.3 Å². The molecule has 3 atom stereocenters. The van der Waals surface area contributed by atoms with Gasteiger partial charge in [-0.15, -0.1) is 0 Å². The molecule has 10 nitrogen and oxygen atoms in total. The van der Waals surface area contributed by atoms with E-state index in [0.29, 0.717) is 37.1 Å². The summed E-state index contributed by atoms with van der Waals surface area (Å²) in [7, 11) is 0. The minimum Gasteiger partial charge on any atom is -0.465 e. The summed E-state index contributed by atoms with van der Waals surface area (Å²) in [4.78, 5) is 26.0. The van der Waals surface area contributed by atoms with Crippen molar-refractivity contribution in [3.05, 3.63) is 88.6 Å². The number of hydrogen-bond acceptors (Lipinski definition) is 7. The first-order valence-corrected chi connectivity index (χ1v) is 13.7. The van der Waals surface area contributed by atoms with Crippen molar-refractivity contribution in [1.29, 1.82) is 10.7 Å². The number of fused-ring (bicyclic) bond motifs is 2. The minimum absolute atomic E-state index is 0.189. The van der Waals surface area contributed by atoms with Crippen LogP contribution in [-0.4, -0.2) is 53.0 Å². The van der Waals surface area contributed by atoms with Gasteiger partial charge in [-0.2, -0.15) is 5.26 Å². The summed E-state index contributed by atoms with van der Waals surface area (Å²) in [5.74, 6) is -0.760. The number of hydrogen-bond donors (Lipinski definition) is 6. The summed E-state index contributed by atoms with van der Waals surface area (Å²) in [6.45, 7) is 11.3. The average molecular weight is 556 g/mol. The van der Waals surface area contributed by atoms with Crippen LogP contribution in [-0.2, 0) is 18.3 Å². The van der Waals surface area contributed by atoms with E-state index >= 15 is 0 Å². The van der Waals surface area contributed by atoms with Crippen molar-refractivity contribution < 1.29 is 14.7 Å². The van der Waals surface area contributed by atoms with E-state index in [2.05, 4.69) is 29.9 Å². The van der Waals surface area contributed by atoms with Crippen LogP contribution in [0.2, 0.25) is 0 Å². The third kappa shape index (κ3) is 5.81. The van der Waals surface area contributed by atoms with Gasteiger partial charge in [0.1, 0.15) is 11.9 Å². The number of aryl methyl sites for hydroxylation is 2. The van der Waals surface area contributed by atoms with Crippen molar-refractivity contribution in [2.75, 3.05) is 13.1 Å². The highest BCUT2D eigenvalue weighted by atomic mass is 16.4. The van der Waals surface area contributed by atoms with Crippen molar-refractivity contribution in [1.82, 2.24) is 15.5 Å². The number of carboxylic acid groups (broad SMARTS) is 1. The number of rotatable bonds is 9. The fraction of sp³-hybridized carbons (Fsp3) is 0.355. The van der Waals surface area contributed by atoms with Gasteiger partial charge in [-0.25, -0.2) is 4.79 Å². The van der Waals surface area contributed by atoms with Crippen LogP contribution >= 0.6 is 0 Å². The van der Waals surface area contributed by atoms with Crippen molar-refractivity contribution in [3.63, 3.8) is 0 Å². The number of nitriles is 1. The standard InChI is InChI=1S/C31H37N7O3/c1-18(36-17-19(2)38-12-4-5-25(38)16-32)15-31(29(35)37-30(40)41)26-10-8-21(20(3)33)13-22(26)6-7-23-14-24(28(34)39)9-11-27(23)31/h8-11,13-14,18,25,36H,2-7,12,15,17,33H2,1H3,(H2,34,39)(H2,35,37)(H,40,41)/t18-,25?,31?/m0/s1. The molecular formula is C31H37N7O3.